The summed E-state index contributed by atoms with van der Waals surface area (Å²) in [6.45, 7) is 65.7. The number of rotatable bonds is 36. The van der Waals surface area contributed by atoms with E-state index in [0.717, 1.165) is 150 Å². The summed E-state index contributed by atoms with van der Waals surface area (Å²) < 4.78 is 3.79. The van der Waals surface area contributed by atoms with Gasteiger partial charge in [-0.2, -0.15) is 0 Å². The second-order valence-electron chi connectivity index (χ2n) is 27.7. The number of hydrogen-bond donors (Lipinski definition) is 0. The van der Waals surface area contributed by atoms with E-state index in [9.17, 15) is 0 Å². The normalized spacial score (nSPS) is 10.9. The molecule has 0 unspecified atom stereocenters. The average molecular weight is 1490 g/mol. The van der Waals surface area contributed by atoms with E-state index in [-0.39, 0.29) is 21.1 Å². The van der Waals surface area contributed by atoms with E-state index in [1.807, 2.05) is 0 Å². The van der Waals surface area contributed by atoms with Crippen LogP contribution in [0.2, 0.25) is 0 Å². The van der Waals surface area contributed by atoms with Crippen LogP contribution >= 0.6 is 73.3 Å². The predicted octanol–water partition coefficient (Wildman–Crippen LogP) is 19.3. The Morgan fingerprint density at radius 2 is 0.247 bits per heavy atom. The van der Waals surface area contributed by atoms with Crippen molar-refractivity contribution in [3.05, 3.63) is 0 Å². The molecule has 0 aliphatic rings. The topological polar surface area (TPSA) is 19.4 Å². The Morgan fingerprint density at radius 1 is 0.188 bits per heavy atom. The van der Waals surface area contributed by atoms with Crippen LogP contribution < -0.4 is 0 Å². The summed E-state index contributed by atoms with van der Waals surface area (Å²) in [6, 6.07) is 0. The molecule has 0 aromatic carbocycles. The van der Waals surface area contributed by atoms with Crippen LogP contribution in [0.5, 0.6) is 0 Å². The van der Waals surface area contributed by atoms with Crippen LogP contribution in [0.3, 0.4) is 0 Å². The van der Waals surface area contributed by atoms with Crippen molar-refractivity contribution >= 4 is 175 Å². The summed E-state index contributed by atoms with van der Waals surface area (Å²) in [7, 11) is 0. The van der Waals surface area contributed by atoms with Crippen LogP contribution in [0.25, 0.3) is 0 Å². The van der Waals surface area contributed by atoms with E-state index >= 15 is 0 Å². The van der Waals surface area contributed by atoms with Gasteiger partial charge in [0.25, 0.3) is 0 Å². The minimum absolute atomic E-state index is 0. The van der Waals surface area contributed by atoms with Gasteiger partial charge in [0.1, 0.15) is 0 Å². The number of hydrogen-bond acceptors (Lipinski definition) is 12. The molecule has 0 atom stereocenters. The minimum atomic E-state index is 0. The number of thiocarbonyl (C=S) groups is 6. The zero-order valence-corrected chi connectivity index (χ0v) is 70.7. The average Bonchev–Trinajstić information content (AvgIpc) is 3.33. The SMILES string of the molecule is CC(C)CCN(CCC(C)C)C(=S)[S-].CC(C)CCN(CCC(C)C)C(=S)[S-].CC(C)CCN(CCC(C)C)C(=S)[S-].CC(C)CCN(CCC(C)C)C(=S)[S-].CC(C)CCN(CCC(C)C)C(=S)[S-].CC(C)CCN(CCC(C)C)C(=S)[S-].[Mo]. The second-order valence-corrected chi connectivity index (χ2v) is 33.9. The van der Waals surface area contributed by atoms with Crippen molar-refractivity contribution in [2.75, 3.05) is 78.5 Å². The molecule has 0 fully saturated rings. The maximum Gasteiger partial charge on any atom is 0.0164 e. The van der Waals surface area contributed by atoms with Crippen LogP contribution in [0, 0.1) is 71.0 Å². The molecule has 0 spiro atoms. The third-order valence-corrected chi connectivity index (χ3v) is 16.4. The minimum Gasteiger partial charge on any atom is -0.411 e. The van der Waals surface area contributed by atoms with Gasteiger partial charge in [-0.3, -0.25) is 0 Å². The largest absolute Gasteiger partial charge is 0.411 e. The van der Waals surface area contributed by atoms with Crippen molar-refractivity contribution in [3.8, 4) is 0 Å². The third-order valence-electron chi connectivity index (χ3n) is 13.3. The molecule has 0 amide bonds. The molecular weight excluding hydrogens is 1360 g/mol. The van der Waals surface area contributed by atoms with Crippen LogP contribution in [0.4, 0.5) is 0 Å². The summed E-state index contributed by atoms with van der Waals surface area (Å²) in [5, 5.41) is 0. The fourth-order valence-electron chi connectivity index (χ4n) is 6.73. The smallest absolute Gasteiger partial charge is 0.0164 e. The van der Waals surface area contributed by atoms with E-state index in [4.69, 9.17) is 149 Å². The van der Waals surface area contributed by atoms with Crippen LogP contribution in [0.1, 0.15) is 243 Å². The molecule has 510 valence electrons. The van der Waals surface area contributed by atoms with Crippen molar-refractivity contribution < 1.29 is 21.1 Å². The molecule has 0 aliphatic carbocycles. The maximum atomic E-state index is 5.06. The summed E-state index contributed by atoms with van der Waals surface area (Å²) in [6.07, 6.45) is 14.1. The molecule has 85 heavy (non-hydrogen) atoms. The molecule has 0 aliphatic heterocycles. The Hall–Kier alpha value is 1.35. The molecule has 0 heterocycles. The first-order valence-electron chi connectivity index (χ1n) is 32.3. The van der Waals surface area contributed by atoms with Crippen molar-refractivity contribution in [1.29, 1.82) is 0 Å². The first-order valence-corrected chi connectivity index (χ1v) is 37.2. The van der Waals surface area contributed by atoms with Crippen LogP contribution in [-0.2, 0) is 96.8 Å². The first kappa shape index (κ1) is 99.9. The van der Waals surface area contributed by atoms with Gasteiger partial charge in [0, 0.05) is 99.6 Å². The fourth-order valence-corrected chi connectivity index (χ4v) is 8.93. The molecule has 0 bridgehead atoms. The van der Waals surface area contributed by atoms with Crippen molar-refractivity contribution in [1.82, 2.24) is 29.4 Å². The molecule has 0 N–H and O–H groups in total. The zero-order valence-electron chi connectivity index (χ0n) is 58.9. The Morgan fingerprint density at radius 3 is 0.282 bits per heavy atom. The van der Waals surface area contributed by atoms with Crippen molar-refractivity contribution in [2.45, 2.75) is 243 Å². The molecule has 0 aromatic heterocycles. The number of nitrogens with zero attached hydrogens (tertiary/aromatic N) is 6. The van der Waals surface area contributed by atoms with Crippen LogP contribution in [-0.4, -0.2) is 134 Å². The van der Waals surface area contributed by atoms with Gasteiger partial charge in [-0.05, 0) is 148 Å². The van der Waals surface area contributed by atoms with E-state index in [2.05, 4.69) is 196 Å². The molecule has 0 saturated carbocycles. The predicted molar refractivity (Wildman–Crippen MR) is 423 cm³/mol. The van der Waals surface area contributed by atoms with Gasteiger partial charge in [-0.25, -0.2) is 0 Å². The van der Waals surface area contributed by atoms with Gasteiger partial charge in [0.2, 0.25) is 0 Å². The van der Waals surface area contributed by atoms with Gasteiger partial charge in [0.05, 0.1) is 0 Å². The molecule has 0 rings (SSSR count). The van der Waals surface area contributed by atoms with Crippen LogP contribution in [0.15, 0.2) is 0 Å². The molecule has 19 heteroatoms. The Labute approximate surface area is 612 Å². The van der Waals surface area contributed by atoms with Gasteiger partial charge < -0.3 is 178 Å². The summed E-state index contributed by atoms with van der Waals surface area (Å²) in [4.78, 5) is 12.9. The molecule has 0 radical (unpaired) electrons. The van der Waals surface area contributed by atoms with Crippen molar-refractivity contribution in [2.24, 2.45) is 71.0 Å². The van der Waals surface area contributed by atoms with E-state index in [1.54, 1.807) is 0 Å². The Balaban J connectivity index is -0.000000171. The summed E-state index contributed by atoms with van der Waals surface area (Å²) in [5.41, 5.74) is 0. The third kappa shape index (κ3) is 81.4. The summed E-state index contributed by atoms with van der Waals surface area (Å²) in [5.74, 6) is 8.68. The fraction of sp³-hybridized carbons (Fsp3) is 0.909. The standard InChI is InChI=1S/6C11H23NS2.Mo/c6*1-9(2)5-7-12(11(13)14)8-6-10(3)4;/h6*9-10H,5-8H2,1-4H3,(H,13,14);/p-6. The van der Waals surface area contributed by atoms with Gasteiger partial charge in [0.15, 0.2) is 0 Å². The van der Waals surface area contributed by atoms with Gasteiger partial charge >= 0.3 is 0 Å². The molecule has 6 nitrogen and oxygen atoms in total. The molecule has 0 aromatic rings. The molecular formula is C66H132MoN6S12-6. The van der Waals surface area contributed by atoms with Gasteiger partial charge in [-0.15, -0.1) is 0 Å². The first-order chi connectivity index (χ1) is 38.6. The van der Waals surface area contributed by atoms with E-state index in [0.29, 0.717) is 25.9 Å². The Bertz CT molecular complexity index is 1230. The van der Waals surface area contributed by atoms with E-state index in [1.165, 1.54) is 77.0 Å². The summed E-state index contributed by atoms with van der Waals surface area (Å²) >= 11 is 60.7. The quantitative estimate of drug-likeness (QED) is 0.0337. The van der Waals surface area contributed by atoms with Crippen molar-refractivity contribution in [3.63, 3.8) is 0 Å². The monoisotopic (exact) mass is 1490 g/mol. The Kier molecular flexibility index (Phi) is 75.3. The zero-order chi connectivity index (χ0) is 66.8. The maximum absolute atomic E-state index is 5.06. The second kappa shape index (κ2) is 64.1. The van der Waals surface area contributed by atoms with Gasteiger partial charge in [-0.1, -0.05) is 192 Å². The molecule has 0 saturated heterocycles. The van der Waals surface area contributed by atoms with E-state index < -0.39 is 0 Å².